The van der Waals surface area contributed by atoms with Crippen molar-refractivity contribution >= 4 is 11.4 Å². The van der Waals surface area contributed by atoms with Crippen molar-refractivity contribution in [3.05, 3.63) is 24.3 Å². The molecule has 9 heavy (non-hydrogen) atoms. The van der Waals surface area contributed by atoms with E-state index >= 15 is 0 Å². The normalized spacial score (nSPS) is 8.89. The second-order valence-electron chi connectivity index (χ2n) is 1.71. The molecule has 46 valence electrons. The number of anilines is 1. The lowest BCUT2D eigenvalue weighted by molar-refractivity contribution is 1.15. The maximum absolute atomic E-state index is 6.61. The van der Waals surface area contributed by atoms with Crippen LogP contribution in [0.1, 0.15) is 0 Å². The summed E-state index contributed by atoms with van der Waals surface area (Å²) in [5.41, 5.74) is 13.2. The van der Waals surface area contributed by atoms with Crippen LogP contribution in [0.5, 0.6) is 0 Å². The van der Waals surface area contributed by atoms with E-state index in [0.29, 0.717) is 11.4 Å². The van der Waals surface area contributed by atoms with Gasteiger partial charge in [-0.2, -0.15) is 5.11 Å². The summed E-state index contributed by atoms with van der Waals surface area (Å²) in [6.45, 7) is 0. The first-order valence-corrected chi connectivity index (χ1v) is 2.56. The third-order valence-electron chi connectivity index (χ3n) is 0.999. The van der Waals surface area contributed by atoms with E-state index in [4.69, 9.17) is 11.3 Å². The Morgan fingerprint density at radius 3 is 2.67 bits per heavy atom. The number of rotatable bonds is 1. The lowest BCUT2D eigenvalue weighted by Gasteiger charge is -1.90. The summed E-state index contributed by atoms with van der Waals surface area (Å²) in [6.07, 6.45) is 0. The molecule has 0 aliphatic heterocycles. The Labute approximate surface area is 53.0 Å². The molecule has 0 radical (unpaired) electrons. The maximum atomic E-state index is 6.61. The van der Waals surface area contributed by atoms with E-state index < -0.39 is 0 Å². The van der Waals surface area contributed by atoms with Gasteiger partial charge in [0.05, 0.1) is 5.69 Å². The molecule has 0 spiro atoms. The summed E-state index contributed by atoms with van der Waals surface area (Å²) < 4.78 is 0. The highest BCUT2D eigenvalue weighted by Gasteiger charge is 1.86. The van der Waals surface area contributed by atoms with Gasteiger partial charge in [-0.05, 0) is 18.2 Å². The molecule has 0 aromatic heterocycles. The summed E-state index contributed by atoms with van der Waals surface area (Å²) in [5.74, 6) is 0. The fourth-order valence-corrected chi connectivity index (χ4v) is 0.594. The zero-order valence-electron chi connectivity index (χ0n) is 4.83. The van der Waals surface area contributed by atoms with Gasteiger partial charge in [-0.3, -0.25) is 0 Å². The number of nitrogens with two attached hydrogens (primary N) is 1. The van der Waals surface area contributed by atoms with Gasteiger partial charge < -0.3 is 5.73 Å². The number of benzene rings is 1. The summed E-state index contributed by atoms with van der Waals surface area (Å²) in [4.78, 5) is 0. The van der Waals surface area contributed by atoms with E-state index in [0.717, 1.165) is 0 Å². The second kappa shape index (κ2) is 2.26. The number of nitrogen functional groups attached to an aromatic ring is 1. The van der Waals surface area contributed by atoms with Crippen LogP contribution in [-0.4, -0.2) is 0 Å². The molecule has 1 rings (SSSR count). The molecule has 0 aliphatic rings. The van der Waals surface area contributed by atoms with E-state index in [1.165, 1.54) is 0 Å². The van der Waals surface area contributed by atoms with Crippen molar-refractivity contribution in [2.45, 2.75) is 0 Å². The second-order valence-corrected chi connectivity index (χ2v) is 1.71. The zero-order valence-corrected chi connectivity index (χ0v) is 4.83. The average molecular weight is 121 g/mol. The Hall–Kier alpha value is -1.38. The largest absolute Gasteiger partial charge is 0.399 e. The van der Waals surface area contributed by atoms with Gasteiger partial charge in [0, 0.05) is 5.69 Å². The fourth-order valence-electron chi connectivity index (χ4n) is 0.594. The summed E-state index contributed by atoms with van der Waals surface area (Å²) in [7, 11) is 0. The van der Waals surface area contributed by atoms with E-state index in [-0.39, 0.29) is 0 Å². The molecule has 0 saturated heterocycles. The topological polar surface area (TPSA) is 62.2 Å². The molecular formula is C6H7N3. The van der Waals surface area contributed by atoms with Gasteiger partial charge in [0.15, 0.2) is 0 Å². The van der Waals surface area contributed by atoms with Crippen LogP contribution in [0.3, 0.4) is 0 Å². The maximum Gasteiger partial charge on any atom is 0.0870 e. The van der Waals surface area contributed by atoms with Gasteiger partial charge in [-0.25, -0.2) is 5.53 Å². The van der Waals surface area contributed by atoms with E-state index in [1.54, 1.807) is 24.3 Å². The van der Waals surface area contributed by atoms with Crippen molar-refractivity contribution in [2.24, 2.45) is 5.11 Å². The van der Waals surface area contributed by atoms with Crippen LogP contribution >= 0.6 is 0 Å². The average Bonchev–Trinajstić information content (AvgIpc) is 1.88. The molecule has 0 unspecified atom stereocenters. The van der Waals surface area contributed by atoms with Crippen LogP contribution in [-0.2, 0) is 0 Å². The molecule has 1 aromatic rings. The Kier molecular flexibility index (Phi) is 1.44. The highest BCUT2D eigenvalue weighted by molar-refractivity contribution is 5.49. The molecule has 0 aliphatic carbocycles. The van der Waals surface area contributed by atoms with Crippen LogP contribution in [0.2, 0.25) is 0 Å². The predicted molar refractivity (Wildman–Crippen MR) is 35.7 cm³/mol. The van der Waals surface area contributed by atoms with Crippen molar-refractivity contribution in [1.29, 1.82) is 5.53 Å². The van der Waals surface area contributed by atoms with Crippen LogP contribution in [0.25, 0.3) is 0 Å². The molecule has 0 heterocycles. The van der Waals surface area contributed by atoms with Gasteiger partial charge >= 0.3 is 0 Å². The number of nitrogens with one attached hydrogen (secondary N) is 1. The van der Waals surface area contributed by atoms with Crippen molar-refractivity contribution in [2.75, 3.05) is 5.73 Å². The fraction of sp³-hybridized carbons (Fsp3) is 0. The monoisotopic (exact) mass is 121 g/mol. The number of hydrogen-bond acceptors (Lipinski definition) is 3. The summed E-state index contributed by atoms with van der Waals surface area (Å²) >= 11 is 0. The van der Waals surface area contributed by atoms with Crippen LogP contribution in [0, 0.1) is 5.53 Å². The third kappa shape index (κ3) is 1.25. The molecule has 0 amide bonds. The first-order chi connectivity index (χ1) is 4.33. The molecule has 0 fully saturated rings. The lowest BCUT2D eigenvalue weighted by atomic mass is 10.3. The smallest absolute Gasteiger partial charge is 0.0870 e. The quantitative estimate of drug-likeness (QED) is 0.432. The minimum absolute atomic E-state index is 0.593. The van der Waals surface area contributed by atoms with Crippen molar-refractivity contribution < 1.29 is 0 Å². The molecule has 0 bridgehead atoms. The zero-order chi connectivity index (χ0) is 6.69. The van der Waals surface area contributed by atoms with Crippen LogP contribution in [0.4, 0.5) is 11.4 Å². The van der Waals surface area contributed by atoms with Gasteiger partial charge in [-0.15, -0.1) is 0 Å². The van der Waals surface area contributed by atoms with Crippen molar-refractivity contribution in [3.63, 3.8) is 0 Å². The van der Waals surface area contributed by atoms with Gasteiger partial charge in [0.1, 0.15) is 0 Å². The Morgan fingerprint density at radius 2 is 2.22 bits per heavy atom. The minimum atomic E-state index is 0.593. The molecule has 0 saturated carbocycles. The van der Waals surface area contributed by atoms with Gasteiger partial charge in [0.2, 0.25) is 0 Å². The summed E-state index contributed by atoms with van der Waals surface area (Å²) in [6, 6.07) is 6.90. The molecule has 0 atom stereocenters. The molecular weight excluding hydrogens is 114 g/mol. The van der Waals surface area contributed by atoms with E-state index in [1.807, 2.05) is 0 Å². The predicted octanol–water partition coefficient (Wildman–Crippen LogP) is 1.93. The van der Waals surface area contributed by atoms with E-state index in [2.05, 4.69) is 5.11 Å². The minimum Gasteiger partial charge on any atom is -0.399 e. The van der Waals surface area contributed by atoms with Gasteiger partial charge in [-0.1, -0.05) is 6.07 Å². The lowest BCUT2D eigenvalue weighted by Crippen LogP contribution is -1.80. The SMILES string of the molecule is N=Nc1cccc(N)c1. The Morgan fingerprint density at radius 1 is 1.44 bits per heavy atom. The third-order valence-corrected chi connectivity index (χ3v) is 0.999. The van der Waals surface area contributed by atoms with Crippen LogP contribution < -0.4 is 5.73 Å². The van der Waals surface area contributed by atoms with Crippen LogP contribution in [0.15, 0.2) is 29.4 Å². The van der Waals surface area contributed by atoms with E-state index in [9.17, 15) is 0 Å². The highest BCUT2D eigenvalue weighted by atomic mass is 15.0. The molecule has 3 nitrogen and oxygen atoms in total. The first kappa shape index (κ1) is 5.75. The summed E-state index contributed by atoms with van der Waals surface area (Å²) in [5, 5.41) is 3.20. The highest BCUT2D eigenvalue weighted by Crippen LogP contribution is 2.13. The molecule has 3 N–H and O–H groups in total. The molecule has 1 aromatic carbocycles. The van der Waals surface area contributed by atoms with Crippen molar-refractivity contribution in [3.8, 4) is 0 Å². The van der Waals surface area contributed by atoms with Gasteiger partial charge in [0.25, 0.3) is 0 Å². The molecule has 3 heteroatoms. The van der Waals surface area contributed by atoms with Crippen molar-refractivity contribution in [1.82, 2.24) is 0 Å². The number of hydrogen-bond donors (Lipinski definition) is 2. The standard InChI is InChI=1S/C6H7N3/c7-5-2-1-3-6(4-5)9-8/h1-4,8H,7H2. The Bertz CT molecular complexity index is 219. The Balaban J connectivity index is 3.07. The number of nitrogens with zero attached hydrogens (tertiary/aromatic N) is 1. The first-order valence-electron chi connectivity index (χ1n) is 2.56.